The topological polar surface area (TPSA) is 95.5 Å². The van der Waals surface area contributed by atoms with Crippen molar-refractivity contribution in [3.05, 3.63) is 65.7 Å². The average Bonchev–Trinajstić information content (AvgIpc) is 2.81. The summed E-state index contributed by atoms with van der Waals surface area (Å²) in [5.41, 5.74) is 3.54. The zero-order valence-corrected chi connectivity index (χ0v) is 17.4. The van der Waals surface area contributed by atoms with Crippen LogP contribution in [0.15, 0.2) is 59.7 Å². The van der Waals surface area contributed by atoms with Gasteiger partial charge in [0, 0.05) is 0 Å². The molecule has 0 fully saturated rings. The molecule has 3 rings (SSSR count). The molecule has 0 radical (unpaired) electrons. The number of carbonyl (C=O) groups is 2. The smallest absolute Gasteiger partial charge is 0.343 e. The molecule has 1 N–H and O–H groups in total. The van der Waals surface area contributed by atoms with Gasteiger partial charge in [-0.05, 0) is 46.7 Å². The largest absolute Gasteiger partial charge is 0.496 e. The van der Waals surface area contributed by atoms with Gasteiger partial charge in [0.05, 0.1) is 33.1 Å². The number of nitrogens with one attached hydrogen (secondary N) is 1. The van der Waals surface area contributed by atoms with E-state index in [-0.39, 0.29) is 6.61 Å². The van der Waals surface area contributed by atoms with E-state index in [1.165, 1.54) is 27.5 Å². The molecule has 0 saturated heterocycles. The molecule has 31 heavy (non-hydrogen) atoms. The van der Waals surface area contributed by atoms with Gasteiger partial charge < -0.3 is 18.9 Å². The monoisotopic (exact) mass is 422 g/mol. The molecule has 3 aromatic rings. The van der Waals surface area contributed by atoms with Crippen LogP contribution in [0.1, 0.15) is 15.9 Å². The van der Waals surface area contributed by atoms with Gasteiger partial charge >= 0.3 is 5.97 Å². The Kier molecular flexibility index (Phi) is 7.05. The van der Waals surface area contributed by atoms with Crippen molar-refractivity contribution >= 4 is 28.9 Å². The maximum atomic E-state index is 12.6. The minimum absolute atomic E-state index is 0.232. The van der Waals surface area contributed by atoms with Crippen LogP contribution in [0.25, 0.3) is 10.8 Å². The van der Waals surface area contributed by atoms with Crippen molar-refractivity contribution in [2.24, 2.45) is 5.10 Å². The molecule has 8 heteroatoms. The van der Waals surface area contributed by atoms with Gasteiger partial charge in [-0.15, -0.1) is 0 Å². The molecule has 0 aromatic heterocycles. The minimum Gasteiger partial charge on any atom is -0.496 e. The van der Waals surface area contributed by atoms with Gasteiger partial charge in [0.2, 0.25) is 0 Å². The van der Waals surface area contributed by atoms with Crippen LogP contribution in [0.3, 0.4) is 0 Å². The number of hydrogen-bond donors (Lipinski definition) is 1. The Morgan fingerprint density at radius 3 is 2.29 bits per heavy atom. The summed E-state index contributed by atoms with van der Waals surface area (Å²) in [5.74, 6) is 0.355. The molecule has 0 atom stereocenters. The first-order chi connectivity index (χ1) is 15.0. The lowest BCUT2D eigenvalue weighted by Crippen LogP contribution is -2.18. The van der Waals surface area contributed by atoms with Gasteiger partial charge in [0.15, 0.2) is 18.1 Å². The summed E-state index contributed by atoms with van der Waals surface area (Å²) in [6, 6.07) is 16.3. The highest BCUT2D eigenvalue weighted by molar-refractivity contribution is 6.02. The Morgan fingerprint density at radius 2 is 1.61 bits per heavy atom. The van der Waals surface area contributed by atoms with Crippen LogP contribution in [0.2, 0.25) is 0 Å². The van der Waals surface area contributed by atoms with Gasteiger partial charge in [-0.1, -0.05) is 24.3 Å². The number of ether oxygens (including phenoxy) is 4. The second-order valence-corrected chi connectivity index (χ2v) is 6.37. The van der Waals surface area contributed by atoms with Crippen LogP contribution < -0.4 is 19.6 Å². The van der Waals surface area contributed by atoms with Crippen molar-refractivity contribution in [1.82, 2.24) is 5.43 Å². The minimum atomic E-state index is -0.500. The lowest BCUT2D eigenvalue weighted by Gasteiger charge is -2.10. The molecule has 0 saturated carbocycles. The normalized spacial score (nSPS) is 10.7. The number of nitrogens with zero attached hydrogens (tertiary/aromatic N) is 1. The summed E-state index contributed by atoms with van der Waals surface area (Å²) in [6.07, 6.45) is 1.47. The lowest BCUT2D eigenvalue weighted by molar-refractivity contribution is -0.142. The van der Waals surface area contributed by atoms with Crippen molar-refractivity contribution in [3.63, 3.8) is 0 Å². The number of methoxy groups -OCH3 is 3. The van der Waals surface area contributed by atoms with E-state index in [1.54, 1.807) is 24.3 Å². The molecule has 160 valence electrons. The van der Waals surface area contributed by atoms with Crippen LogP contribution >= 0.6 is 0 Å². The Hall–Kier alpha value is -4.07. The summed E-state index contributed by atoms with van der Waals surface area (Å²) >= 11 is 0. The molecule has 0 aliphatic heterocycles. The first kappa shape index (κ1) is 21.6. The van der Waals surface area contributed by atoms with E-state index in [1.807, 2.05) is 30.3 Å². The predicted molar refractivity (Wildman–Crippen MR) is 116 cm³/mol. The van der Waals surface area contributed by atoms with Gasteiger partial charge in [-0.25, -0.2) is 10.2 Å². The van der Waals surface area contributed by atoms with Crippen molar-refractivity contribution in [1.29, 1.82) is 0 Å². The van der Waals surface area contributed by atoms with Crippen molar-refractivity contribution < 1.29 is 28.5 Å². The molecule has 0 spiro atoms. The first-order valence-electron chi connectivity index (χ1n) is 9.33. The molecule has 0 aliphatic rings. The highest BCUT2D eigenvalue weighted by Gasteiger charge is 2.13. The summed E-state index contributed by atoms with van der Waals surface area (Å²) in [7, 11) is 4.28. The molecular weight excluding hydrogens is 400 g/mol. The molecule has 0 aliphatic carbocycles. The average molecular weight is 422 g/mol. The highest BCUT2D eigenvalue weighted by atomic mass is 16.6. The van der Waals surface area contributed by atoms with Crippen molar-refractivity contribution in [3.8, 4) is 17.2 Å². The number of benzene rings is 3. The molecule has 3 aromatic carbocycles. The second kappa shape index (κ2) is 10.1. The van der Waals surface area contributed by atoms with E-state index in [0.29, 0.717) is 28.4 Å². The first-order valence-corrected chi connectivity index (χ1v) is 9.33. The molecule has 1 amide bonds. The number of carbonyl (C=O) groups excluding carboxylic acids is 2. The van der Waals surface area contributed by atoms with Crippen LogP contribution in [0.4, 0.5) is 0 Å². The predicted octanol–water partition coefficient (Wildman–Crippen LogP) is 3.17. The van der Waals surface area contributed by atoms with Crippen LogP contribution in [0.5, 0.6) is 17.2 Å². The van der Waals surface area contributed by atoms with Crippen molar-refractivity contribution in [2.75, 3.05) is 27.9 Å². The third-order valence-electron chi connectivity index (χ3n) is 4.45. The molecular formula is C23H22N2O6. The van der Waals surface area contributed by atoms with E-state index in [2.05, 4.69) is 15.3 Å². The highest BCUT2D eigenvalue weighted by Crippen LogP contribution is 2.28. The molecule has 0 unspecified atom stereocenters. The van der Waals surface area contributed by atoms with Gasteiger partial charge in [0.25, 0.3) is 5.91 Å². The van der Waals surface area contributed by atoms with E-state index in [0.717, 1.165) is 10.8 Å². The van der Waals surface area contributed by atoms with Gasteiger partial charge in [-0.2, -0.15) is 5.10 Å². The Labute approximate surface area is 179 Å². The maximum Gasteiger partial charge on any atom is 0.343 e. The van der Waals surface area contributed by atoms with E-state index in [4.69, 9.17) is 14.2 Å². The number of hydrazone groups is 1. The Morgan fingerprint density at radius 1 is 0.903 bits per heavy atom. The van der Waals surface area contributed by atoms with Crippen LogP contribution in [-0.4, -0.2) is 46.0 Å². The standard InChI is InChI=1S/C23H22N2O6/c1-28-20-12-17-7-5-4-6-16(17)11-18(20)23(27)25-24-13-15-8-9-19(21(10-15)29-2)31-14-22(26)30-3/h4-13H,14H2,1-3H3,(H,25,27). The maximum absolute atomic E-state index is 12.6. The molecule has 0 heterocycles. The Bertz CT molecular complexity index is 1130. The van der Waals surface area contributed by atoms with Gasteiger partial charge in [-0.3, -0.25) is 4.79 Å². The SMILES string of the molecule is COC(=O)COc1ccc(C=NNC(=O)c2cc3ccccc3cc2OC)cc1OC. The number of hydrogen-bond acceptors (Lipinski definition) is 7. The zero-order valence-electron chi connectivity index (χ0n) is 17.4. The van der Waals surface area contributed by atoms with Crippen molar-refractivity contribution in [2.45, 2.75) is 0 Å². The van der Waals surface area contributed by atoms with E-state index >= 15 is 0 Å². The zero-order chi connectivity index (χ0) is 22.2. The lowest BCUT2D eigenvalue weighted by atomic mass is 10.1. The fraction of sp³-hybridized carbons (Fsp3) is 0.174. The number of esters is 1. The summed E-state index contributed by atoms with van der Waals surface area (Å²) in [5, 5.41) is 5.91. The van der Waals surface area contributed by atoms with Crippen LogP contribution in [0, 0.1) is 0 Å². The number of amides is 1. The fourth-order valence-corrected chi connectivity index (χ4v) is 2.87. The van der Waals surface area contributed by atoms with E-state index < -0.39 is 11.9 Å². The molecule has 0 bridgehead atoms. The summed E-state index contributed by atoms with van der Waals surface area (Å²) < 4.78 is 20.5. The number of fused-ring (bicyclic) bond motifs is 1. The van der Waals surface area contributed by atoms with Crippen LogP contribution in [-0.2, 0) is 9.53 Å². The summed E-state index contributed by atoms with van der Waals surface area (Å²) in [4.78, 5) is 23.9. The number of rotatable bonds is 8. The van der Waals surface area contributed by atoms with Gasteiger partial charge in [0.1, 0.15) is 5.75 Å². The fourth-order valence-electron chi connectivity index (χ4n) is 2.87. The van der Waals surface area contributed by atoms with E-state index in [9.17, 15) is 9.59 Å². The summed E-state index contributed by atoms with van der Waals surface area (Å²) in [6.45, 7) is -0.232. The molecule has 8 nitrogen and oxygen atoms in total. The quantitative estimate of drug-likeness (QED) is 0.340. The third kappa shape index (κ3) is 5.30. The second-order valence-electron chi connectivity index (χ2n) is 6.37. The Balaban J connectivity index is 1.72. The third-order valence-corrected chi connectivity index (χ3v) is 4.45.